The third-order valence-electron chi connectivity index (χ3n) is 2.92. The van der Waals surface area contributed by atoms with Crippen LogP contribution in [0, 0.1) is 0 Å². The molecule has 0 aliphatic carbocycles. The van der Waals surface area contributed by atoms with Gasteiger partial charge in [-0.05, 0) is 12.1 Å². The lowest BCUT2D eigenvalue weighted by molar-refractivity contribution is 0.862. The van der Waals surface area contributed by atoms with Crippen molar-refractivity contribution in [3.8, 4) is 0 Å². The molecule has 0 saturated carbocycles. The first kappa shape index (κ1) is 9.16. The van der Waals surface area contributed by atoms with Crippen molar-refractivity contribution in [3.63, 3.8) is 0 Å². The van der Waals surface area contributed by atoms with E-state index in [1.807, 2.05) is 18.0 Å². The molecule has 1 aliphatic rings. The average Bonchev–Trinajstić information content (AvgIpc) is 2.78. The number of aromatic nitrogens is 1. The number of nitrogens with zero attached hydrogens (tertiary/aromatic N) is 1. The van der Waals surface area contributed by atoms with Crippen LogP contribution in [-0.2, 0) is 0 Å². The van der Waals surface area contributed by atoms with Gasteiger partial charge < -0.3 is 9.88 Å². The first-order valence-electron chi connectivity index (χ1n) is 5.34. The number of nitrogens with one attached hydrogen (secondary N) is 1. The Hall–Kier alpha value is -1.09. The van der Waals surface area contributed by atoms with Crippen LogP contribution in [0.4, 0.5) is 5.69 Å². The molecule has 0 spiro atoms. The van der Waals surface area contributed by atoms with E-state index in [2.05, 4.69) is 34.1 Å². The van der Waals surface area contributed by atoms with Gasteiger partial charge in [-0.25, -0.2) is 0 Å². The topological polar surface area (TPSA) is 19.0 Å². The Morgan fingerprint density at radius 1 is 1.13 bits per heavy atom. The standard InChI is InChI=1S/C12H14N2S/c1-2-10-4-5-13-12(10)11(3-1)14-6-8-15-9-7-14/h1-5,13H,6-9H2. The molecule has 3 rings (SSSR count). The van der Waals surface area contributed by atoms with E-state index in [4.69, 9.17) is 0 Å². The van der Waals surface area contributed by atoms with Crippen LogP contribution >= 0.6 is 11.8 Å². The number of aromatic amines is 1. The zero-order valence-electron chi connectivity index (χ0n) is 8.57. The molecule has 1 N–H and O–H groups in total. The van der Waals surface area contributed by atoms with Gasteiger partial charge >= 0.3 is 0 Å². The Kier molecular flexibility index (Phi) is 2.33. The molecule has 0 amide bonds. The number of fused-ring (bicyclic) bond motifs is 1. The Morgan fingerprint density at radius 2 is 2.00 bits per heavy atom. The van der Waals surface area contributed by atoms with Crippen LogP contribution in [0.2, 0.25) is 0 Å². The molecule has 1 aromatic heterocycles. The van der Waals surface area contributed by atoms with Crippen molar-refractivity contribution in [1.82, 2.24) is 4.98 Å². The monoisotopic (exact) mass is 218 g/mol. The highest BCUT2D eigenvalue weighted by Gasteiger charge is 2.13. The fourth-order valence-electron chi connectivity index (χ4n) is 2.14. The van der Waals surface area contributed by atoms with Crippen LogP contribution in [-0.4, -0.2) is 29.6 Å². The zero-order valence-corrected chi connectivity index (χ0v) is 9.39. The normalized spacial score (nSPS) is 17.2. The van der Waals surface area contributed by atoms with Crippen LogP contribution in [0.15, 0.2) is 30.5 Å². The quantitative estimate of drug-likeness (QED) is 0.793. The zero-order chi connectivity index (χ0) is 10.1. The van der Waals surface area contributed by atoms with Crippen LogP contribution in [0.5, 0.6) is 0 Å². The van der Waals surface area contributed by atoms with Crippen molar-refractivity contribution >= 4 is 28.4 Å². The number of thioether (sulfide) groups is 1. The molecule has 2 heterocycles. The highest BCUT2D eigenvalue weighted by Crippen LogP contribution is 2.27. The second-order valence-electron chi connectivity index (χ2n) is 3.82. The van der Waals surface area contributed by atoms with Crippen molar-refractivity contribution in [2.24, 2.45) is 0 Å². The van der Waals surface area contributed by atoms with Crippen LogP contribution < -0.4 is 4.90 Å². The second kappa shape index (κ2) is 3.81. The van der Waals surface area contributed by atoms with Crippen LogP contribution in [0.25, 0.3) is 10.9 Å². The summed E-state index contributed by atoms with van der Waals surface area (Å²) in [5.41, 5.74) is 2.64. The summed E-state index contributed by atoms with van der Waals surface area (Å²) in [6, 6.07) is 8.66. The Bertz CT molecular complexity index is 457. The van der Waals surface area contributed by atoms with E-state index in [0.717, 1.165) is 0 Å². The first-order valence-corrected chi connectivity index (χ1v) is 6.49. The molecule has 1 aromatic carbocycles. The summed E-state index contributed by atoms with van der Waals surface area (Å²) < 4.78 is 0. The number of hydrogen-bond acceptors (Lipinski definition) is 2. The lowest BCUT2D eigenvalue weighted by atomic mass is 10.2. The molecule has 2 nitrogen and oxygen atoms in total. The molecule has 2 aromatic rings. The fraction of sp³-hybridized carbons (Fsp3) is 0.333. The SMILES string of the molecule is c1cc(N2CCSCC2)c2[nH]ccc2c1. The number of anilines is 1. The molecule has 0 radical (unpaired) electrons. The molecule has 0 atom stereocenters. The molecule has 0 unspecified atom stereocenters. The van der Waals surface area contributed by atoms with Gasteiger partial charge in [0.15, 0.2) is 0 Å². The smallest absolute Gasteiger partial charge is 0.0691 e. The highest BCUT2D eigenvalue weighted by atomic mass is 32.2. The Balaban J connectivity index is 2.05. The third kappa shape index (κ3) is 1.61. The van der Waals surface area contributed by atoms with E-state index in [-0.39, 0.29) is 0 Å². The Morgan fingerprint density at radius 3 is 2.87 bits per heavy atom. The number of H-pyrrole nitrogens is 1. The lowest BCUT2D eigenvalue weighted by Crippen LogP contribution is -2.32. The van der Waals surface area contributed by atoms with E-state index in [1.165, 1.54) is 41.2 Å². The average molecular weight is 218 g/mol. The molecule has 1 fully saturated rings. The number of hydrogen-bond donors (Lipinski definition) is 1. The summed E-state index contributed by atoms with van der Waals surface area (Å²) in [6.45, 7) is 2.34. The van der Waals surface area contributed by atoms with Crippen LogP contribution in [0.3, 0.4) is 0 Å². The highest BCUT2D eigenvalue weighted by molar-refractivity contribution is 7.99. The first-order chi connectivity index (χ1) is 7.45. The van der Waals surface area contributed by atoms with Gasteiger partial charge in [0.2, 0.25) is 0 Å². The number of benzene rings is 1. The third-order valence-corrected chi connectivity index (χ3v) is 3.86. The maximum atomic E-state index is 3.34. The van der Waals surface area contributed by atoms with Crippen molar-refractivity contribution in [1.29, 1.82) is 0 Å². The van der Waals surface area contributed by atoms with E-state index in [9.17, 15) is 0 Å². The van der Waals surface area contributed by atoms with Crippen molar-refractivity contribution in [3.05, 3.63) is 30.5 Å². The van der Waals surface area contributed by atoms with E-state index < -0.39 is 0 Å². The van der Waals surface area contributed by atoms with E-state index in [1.54, 1.807) is 0 Å². The minimum absolute atomic E-state index is 1.17. The molecule has 78 valence electrons. The summed E-state index contributed by atoms with van der Waals surface area (Å²) >= 11 is 2.05. The molecule has 1 saturated heterocycles. The largest absolute Gasteiger partial charge is 0.368 e. The molecule has 15 heavy (non-hydrogen) atoms. The maximum Gasteiger partial charge on any atom is 0.0691 e. The van der Waals surface area contributed by atoms with Gasteiger partial charge in [-0.15, -0.1) is 0 Å². The van der Waals surface area contributed by atoms with Crippen molar-refractivity contribution < 1.29 is 0 Å². The molecule has 0 bridgehead atoms. The summed E-state index contributed by atoms with van der Waals surface area (Å²) in [7, 11) is 0. The molecular weight excluding hydrogens is 204 g/mol. The lowest BCUT2D eigenvalue weighted by Gasteiger charge is -2.28. The van der Waals surface area contributed by atoms with E-state index >= 15 is 0 Å². The van der Waals surface area contributed by atoms with Gasteiger partial charge in [-0.1, -0.05) is 12.1 Å². The van der Waals surface area contributed by atoms with Crippen LogP contribution in [0.1, 0.15) is 0 Å². The minimum Gasteiger partial charge on any atom is -0.368 e. The van der Waals surface area contributed by atoms with Gasteiger partial charge in [-0.2, -0.15) is 11.8 Å². The molecule has 1 aliphatic heterocycles. The van der Waals surface area contributed by atoms with Gasteiger partial charge in [0, 0.05) is 36.2 Å². The number of para-hydroxylation sites is 1. The van der Waals surface area contributed by atoms with Gasteiger partial charge in [0.05, 0.1) is 11.2 Å². The van der Waals surface area contributed by atoms with Gasteiger partial charge in [0.25, 0.3) is 0 Å². The molecular formula is C12H14N2S. The summed E-state index contributed by atoms with van der Waals surface area (Å²) in [5, 5.41) is 1.31. The maximum absolute atomic E-state index is 3.34. The summed E-state index contributed by atoms with van der Waals surface area (Å²) in [4.78, 5) is 5.82. The minimum atomic E-state index is 1.17. The summed E-state index contributed by atoms with van der Waals surface area (Å²) in [5.74, 6) is 2.49. The van der Waals surface area contributed by atoms with Crippen molar-refractivity contribution in [2.75, 3.05) is 29.5 Å². The van der Waals surface area contributed by atoms with Gasteiger partial charge in [0.1, 0.15) is 0 Å². The summed E-state index contributed by atoms with van der Waals surface area (Å²) in [6.07, 6.45) is 2.02. The van der Waals surface area contributed by atoms with E-state index in [0.29, 0.717) is 0 Å². The second-order valence-corrected chi connectivity index (χ2v) is 5.04. The fourth-order valence-corrected chi connectivity index (χ4v) is 3.04. The predicted octanol–water partition coefficient (Wildman–Crippen LogP) is 2.72. The Labute approximate surface area is 93.7 Å². The van der Waals surface area contributed by atoms with Crippen molar-refractivity contribution in [2.45, 2.75) is 0 Å². The molecule has 3 heteroatoms. The van der Waals surface area contributed by atoms with Gasteiger partial charge in [-0.3, -0.25) is 0 Å². The predicted molar refractivity (Wildman–Crippen MR) is 67.8 cm³/mol. The number of rotatable bonds is 1.